The Morgan fingerprint density at radius 3 is 2.45 bits per heavy atom. The van der Waals surface area contributed by atoms with Gasteiger partial charge in [-0.3, -0.25) is 18.7 Å². The van der Waals surface area contributed by atoms with Gasteiger partial charge in [0, 0.05) is 89.2 Å². The zero-order chi connectivity index (χ0) is 33.8. The zero-order valence-electron chi connectivity index (χ0n) is 27.8. The van der Waals surface area contributed by atoms with Gasteiger partial charge in [0.05, 0.1) is 31.0 Å². The fourth-order valence-electron chi connectivity index (χ4n) is 7.69. The molecular formula is C35H40F2N8O4. The number of fused-ring (bicyclic) bond motifs is 3. The number of halogens is 2. The molecule has 0 N–H and O–H groups in total. The standard InChI is InChI=1S/C35H40F2N8O4/c1-22(46)40-9-11-41(12-10-40)33-20-38-32-17-24(3-8-44(32)33)26-19-31-30(18-27(26)34(36)37)43(13-16-49-31)35-28-21-42(23(2)47)7-4-29(28)45(39-35)25-5-14-48-15-6-25/h3,8,17-20,25,34H,4-7,9-16,21H2,1-2H3. The van der Waals surface area contributed by atoms with Crippen molar-refractivity contribution in [3.05, 3.63) is 53.5 Å². The quantitative estimate of drug-likeness (QED) is 0.303. The molecule has 3 aromatic heterocycles. The van der Waals surface area contributed by atoms with Crippen molar-refractivity contribution < 1.29 is 27.8 Å². The molecule has 0 bridgehead atoms. The number of carbonyl (C=O) groups excluding carboxylic acids is 2. The normalized spacial score (nSPS) is 18.6. The molecule has 4 aromatic rings. The number of amides is 2. The number of piperazine rings is 1. The number of aromatic nitrogens is 4. The van der Waals surface area contributed by atoms with Crippen LogP contribution in [0, 0.1) is 0 Å². The maximum Gasteiger partial charge on any atom is 0.264 e. The van der Waals surface area contributed by atoms with Crippen LogP contribution in [-0.4, -0.2) is 99.9 Å². The third-order valence-corrected chi connectivity index (χ3v) is 10.4. The van der Waals surface area contributed by atoms with E-state index in [1.807, 2.05) is 37.4 Å². The SMILES string of the molecule is CC(=O)N1CCN(c2cnc3cc(-c4cc5c(cc4C(F)F)N(c4nn(C6CCOCC6)c6c4CN(C(C)=O)CC6)CCO5)ccn23)CC1. The van der Waals surface area contributed by atoms with Crippen LogP contribution in [0.15, 0.2) is 36.7 Å². The summed E-state index contributed by atoms with van der Waals surface area (Å²) in [6.07, 6.45) is 3.29. The first kappa shape index (κ1) is 31.5. The first-order valence-corrected chi connectivity index (χ1v) is 17.0. The second kappa shape index (κ2) is 12.6. The number of benzene rings is 1. The van der Waals surface area contributed by atoms with Crippen LogP contribution in [0.5, 0.6) is 5.75 Å². The van der Waals surface area contributed by atoms with Crippen LogP contribution in [-0.2, 0) is 27.3 Å². The number of carbonyl (C=O) groups is 2. The van der Waals surface area contributed by atoms with Gasteiger partial charge in [0.1, 0.15) is 23.8 Å². The van der Waals surface area contributed by atoms with Crippen molar-refractivity contribution in [3.63, 3.8) is 0 Å². The van der Waals surface area contributed by atoms with Crippen molar-refractivity contribution in [1.82, 2.24) is 29.0 Å². The molecule has 0 unspecified atom stereocenters. The van der Waals surface area contributed by atoms with Gasteiger partial charge >= 0.3 is 0 Å². The van der Waals surface area contributed by atoms with Gasteiger partial charge in [0.15, 0.2) is 5.82 Å². The molecule has 4 aliphatic heterocycles. The lowest BCUT2D eigenvalue weighted by molar-refractivity contribution is -0.130. The number of pyridine rings is 1. The summed E-state index contributed by atoms with van der Waals surface area (Å²) in [5.41, 5.74) is 4.14. The van der Waals surface area contributed by atoms with Crippen molar-refractivity contribution in [2.45, 2.75) is 52.1 Å². The highest BCUT2D eigenvalue weighted by Gasteiger charge is 2.35. The topological polar surface area (TPSA) is 101 Å². The number of hydrogen-bond donors (Lipinski definition) is 0. The van der Waals surface area contributed by atoms with Gasteiger partial charge in [-0.05, 0) is 48.2 Å². The second-order valence-corrected chi connectivity index (χ2v) is 13.2. The molecule has 0 radical (unpaired) electrons. The molecule has 0 saturated carbocycles. The molecule has 258 valence electrons. The van der Waals surface area contributed by atoms with Crippen molar-refractivity contribution in [2.75, 3.05) is 68.9 Å². The van der Waals surface area contributed by atoms with E-state index >= 15 is 0 Å². The van der Waals surface area contributed by atoms with E-state index in [1.165, 1.54) is 6.07 Å². The molecule has 14 heteroatoms. The predicted octanol–water partition coefficient (Wildman–Crippen LogP) is 4.59. The summed E-state index contributed by atoms with van der Waals surface area (Å²) < 4.78 is 45.7. The van der Waals surface area contributed by atoms with Crippen molar-refractivity contribution >= 4 is 34.8 Å². The molecule has 12 nitrogen and oxygen atoms in total. The molecule has 0 aliphatic carbocycles. The molecule has 7 heterocycles. The molecule has 0 atom stereocenters. The Morgan fingerprint density at radius 2 is 1.71 bits per heavy atom. The highest BCUT2D eigenvalue weighted by atomic mass is 19.3. The molecule has 4 aliphatic rings. The maximum absolute atomic E-state index is 14.9. The van der Waals surface area contributed by atoms with Crippen LogP contribution in [0.1, 0.15) is 56.0 Å². The zero-order valence-corrected chi connectivity index (χ0v) is 27.8. The lowest BCUT2D eigenvalue weighted by Gasteiger charge is -2.35. The fourth-order valence-corrected chi connectivity index (χ4v) is 7.69. The Labute approximate surface area is 282 Å². The first-order chi connectivity index (χ1) is 23.8. The van der Waals surface area contributed by atoms with E-state index in [0.717, 1.165) is 29.9 Å². The molecule has 8 rings (SSSR count). The lowest BCUT2D eigenvalue weighted by atomic mass is 9.98. The predicted molar refractivity (Wildman–Crippen MR) is 179 cm³/mol. The third kappa shape index (κ3) is 5.65. The van der Waals surface area contributed by atoms with Crippen molar-refractivity contribution in [2.24, 2.45) is 0 Å². The van der Waals surface area contributed by atoms with Crippen LogP contribution >= 0.6 is 0 Å². The Kier molecular flexibility index (Phi) is 8.13. The summed E-state index contributed by atoms with van der Waals surface area (Å²) in [5.74, 6) is 2.17. The second-order valence-electron chi connectivity index (χ2n) is 13.2. The van der Waals surface area contributed by atoms with E-state index in [2.05, 4.69) is 14.6 Å². The van der Waals surface area contributed by atoms with E-state index in [4.69, 9.17) is 14.6 Å². The minimum absolute atomic E-state index is 0.000424. The molecule has 2 saturated heterocycles. The average Bonchev–Trinajstić information content (AvgIpc) is 3.72. The van der Waals surface area contributed by atoms with E-state index in [9.17, 15) is 18.4 Å². The largest absolute Gasteiger partial charge is 0.490 e. The maximum atomic E-state index is 14.9. The summed E-state index contributed by atoms with van der Waals surface area (Å²) in [6, 6.07) is 7.09. The number of imidazole rings is 1. The van der Waals surface area contributed by atoms with Crippen LogP contribution in [0.3, 0.4) is 0 Å². The average molecular weight is 675 g/mol. The van der Waals surface area contributed by atoms with Gasteiger partial charge in [-0.1, -0.05) is 0 Å². The molecule has 2 fully saturated rings. The van der Waals surface area contributed by atoms with Gasteiger partial charge in [0.2, 0.25) is 11.8 Å². The molecular weight excluding hydrogens is 634 g/mol. The number of hydrogen-bond acceptors (Lipinski definition) is 8. The Morgan fingerprint density at radius 1 is 0.939 bits per heavy atom. The minimum Gasteiger partial charge on any atom is -0.490 e. The molecule has 0 spiro atoms. The van der Waals surface area contributed by atoms with Crippen LogP contribution < -0.4 is 14.5 Å². The summed E-state index contributed by atoms with van der Waals surface area (Å²) in [7, 11) is 0. The molecule has 2 amide bonds. The van der Waals surface area contributed by atoms with E-state index in [0.29, 0.717) is 106 Å². The Balaban J connectivity index is 1.15. The van der Waals surface area contributed by atoms with Gasteiger partial charge in [-0.2, -0.15) is 5.10 Å². The highest BCUT2D eigenvalue weighted by Crippen LogP contribution is 2.46. The number of anilines is 3. The van der Waals surface area contributed by atoms with Gasteiger partial charge in [0.25, 0.3) is 6.43 Å². The van der Waals surface area contributed by atoms with E-state index in [-0.39, 0.29) is 23.4 Å². The number of ether oxygens (including phenoxy) is 2. The minimum atomic E-state index is -2.74. The van der Waals surface area contributed by atoms with Crippen LogP contribution in [0.4, 0.5) is 26.1 Å². The fraction of sp³-hybridized carbons (Fsp3) is 0.486. The van der Waals surface area contributed by atoms with E-state index in [1.54, 1.807) is 26.1 Å². The number of rotatable bonds is 5. The summed E-state index contributed by atoms with van der Waals surface area (Å²) in [4.78, 5) is 36.7. The Bertz CT molecular complexity index is 1910. The number of nitrogens with zero attached hydrogens (tertiary/aromatic N) is 8. The summed E-state index contributed by atoms with van der Waals surface area (Å²) >= 11 is 0. The van der Waals surface area contributed by atoms with Crippen LogP contribution in [0.25, 0.3) is 16.8 Å². The van der Waals surface area contributed by atoms with Gasteiger partial charge in [-0.25, -0.2) is 13.8 Å². The van der Waals surface area contributed by atoms with Gasteiger partial charge < -0.3 is 29.1 Å². The van der Waals surface area contributed by atoms with Crippen molar-refractivity contribution in [3.8, 4) is 16.9 Å². The van der Waals surface area contributed by atoms with E-state index < -0.39 is 6.43 Å². The third-order valence-electron chi connectivity index (χ3n) is 10.4. The lowest BCUT2D eigenvalue weighted by Crippen LogP contribution is -2.48. The smallest absolute Gasteiger partial charge is 0.264 e. The Hall–Kier alpha value is -4.72. The molecule has 49 heavy (non-hydrogen) atoms. The summed E-state index contributed by atoms with van der Waals surface area (Å²) in [6.45, 7) is 8.98. The number of alkyl halides is 2. The van der Waals surface area contributed by atoms with Crippen LogP contribution in [0.2, 0.25) is 0 Å². The highest BCUT2D eigenvalue weighted by molar-refractivity contribution is 5.81. The van der Waals surface area contributed by atoms with Gasteiger partial charge in [-0.15, -0.1) is 0 Å². The first-order valence-electron chi connectivity index (χ1n) is 17.0. The van der Waals surface area contributed by atoms with Crippen molar-refractivity contribution in [1.29, 1.82) is 0 Å². The molecule has 1 aromatic carbocycles. The monoisotopic (exact) mass is 674 g/mol. The summed E-state index contributed by atoms with van der Waals surface area (Å²) in [5, 5.41) is 5.15.